The molecule has 1 fully saturated rings. The highest BCUT2D eigenvalue weighted by Crippen LogP contribution is 2.30. The predicted octanol–water partition coefficient (Wildman–Crippen LogP) is 4.82. The number of pyridine rings is 1. The van der Waals surface area contributed by atoms with Crippen molar-refractivity contribution in [3.05, 3.63) is 52.5 Å². The lowest BCUT2D eigenvalue weighted by Crippen LogP contribution is -2.42. The van der Waals surface area contributed by atoms with Crippen LogP contribution in [0.15, 0.2) is 45.5 Å². The molecule has 1 aromatic carbocycles. The molecular weight excluding hydrogens is 460 g/mol. The smallest absolute Gasteiger partial charge is 0.255 e. The highest BCUT2D eigenvalue weighted by Gasteiger charge is 2.35. The van der Waals surface area contributed by atoms with Crippen LogP contribution in [0.1, 0.15) is 29.1 Å². The Labute approximate surface area is 179 Å². The zero-order valence-electron chi connectivity index (χ0n) is 16.0. The quantitative estimate of drug-likeness (QED) is 0.579. The molecule has 10 heteroatoms. The van der Waals surface area contributed by atoms with Gasteiger partial charge in [0.15, 0.2) is 0 Å². The van der Waals surface area contributed by atoms with E-state index in [1.807, 2.05) is 24.3 Å². The molecule has 0 atom stereocenters. The number of carbonyl (C=O) groups excluding carboxylic acids is 1. The largest absolute Gasteiger partial charge is 0.339 e. The van der Waals surface area contributed by atoms with Crippen molar-refractivity contribution >= 4 is 33.3 Å². The SMILES string of the molecule is Cc1nc(-c2ccc(Nc3ncc(C(=O)N4CCC(F)(F)CC4)cc3Br)cc2)no1. The third-order valence-electron chi connectivity index (χ3n) is 4.80. The number of piperidine rings is 1. The van der Waals surface area contributed by atoms with Gasteiger partial charge >= 0.3 is 0 Å². The summed E-state index contributed by atoms with van der Waals surface area (Å²) in [5.41, 5.74) is 1.95. The van der Waals surface area contributed by atoms with E-state index in [0.717, 1.165) is 11.3 Å². The first kappa shape index (κ1) is 20.4. The van der Waals surface area contributed by atoms with E-state index in [2.05, 4.69) is 36.4 Å². The summed E-state index contributed by atoms with van der Waals surface area (Å²) in [5, 5.41) is 7.05. The maximum Gasteiger partial charge on any atom is 0.255 e. The number of hydrogen-bond acceptors (Lipinski definition) is 6. The predicted molar refractivity (Wildman–Crippen MR) is 110 cm³/mol. The molecule has 4 rings (SSSR count). The first-order chi connectivity index (χ1) is 14.3. The summed E-state index contributed by atoms with van der Waals surface area (Å²) in [7, 11) is 0. The van der Waals surface area contributed by atoms with Gasteiger partial charge in [-0.15, -0.1) is 0 Å². The van der Waals surface area contributed by atoms with E-state index in [1.165, 1.54) is 11.1 Å². The number of carbonyl (C=O) groups is 1. The van der Waals surface area contributed by atoms with Crippen LogP contribution >= 0.6 is 15.9 Å². The van der Waals surface area contributed by atoms with Gasteiger partial charge in [-0.1, -0.05) is 5.16 Å². The first-order valence-electron chi connectivity index (χ1n) is 9.31. The molecule has 1 amide bonds. The molecule has 2 aromatic heterocycles. The van der Waals surface area contributed by atoms with E-state index < -0.39 is 5.92 Å². The number of hydrogen-bond donors (Lipinski definition) is 1. The second kappa shape index (κ2) is 8.10. The number of likely N-dealkylation sites (tertiary alicyclic amines) is 1. The van der Waals surface area contributed by atoms with Gasteiger partial charge in [0.2, 0.25) is 11.7 Å². The number of aryl methyl sites for hydroxylation is 1. The third-order valence-corrected chi connectivity index (χ3v) is 5.41. The van der Waals surface area contributed by atoms with Crippen molar-refractivity contribution < 1.29 is 18.1 Å². The number of alkyl halides is 2. The van der Waals surface area contributed by atoms with Crippen LogP contribution in [0.3, 0.4) is 0 Å². The molecule has 156 valence electrons. The number of aromatic nitrogens is 3. The van der Waals surface area contributed by atoms with Gasteiger partial charge in [0.1, 0.15) is 5.82 Å². The van der Waals surface area contributed by atoms with Crippen LogP contribution < -0.4 is 5.32 Å². The van der Waals surface area contributed by atoms with Crippen molar-refractivity contribution in [2.24, 2.45) is 0 Å². The fourth-order valence-corrected chi connectivity index (χ4v) is 3.57. The zero-order valence-corrected chi connectivity index (χ0v) is 17.6. The van der Waals surface area contributed by atoms with Crippen LogP contribution in [0.4, 0.5) is 20.3 Å². The standard InChI is InChI=1S/C20H18BrF2N5O2/c1-12-25-17(27-30-12)13-2-4-15(5-3-13)26-18-16(21)10-14(11-24-18)19(29)28-8-6-20(22,23)7-9-28/h2-5,10-11H,6-9H2,1H3,(H,24,26). The van der Waals surface area contributed by atoms with Gasteiger partial charge in [-0.25, -0.2) is 13.8 Å². The van der Waals surface area contributed by atoms with E-state index in [-0.39, 0.29) is 31.8 Å². The molecule has 30 heavy (non-hydrogen) atoms. The molecule has 1 aliphatic rings. The van der Waals surface area contributed by atoms with Gasteiger partial charge in [0, 0.05) is 50.3 Å². The van der Waals surface area contributed by atoms with Crippen molar-refractivity contribution in [3.63, 3.8) is 0 Å². The Morgan fingerprint density at radius 1 is 1.23 bits per heavy atom. The molecule has 3 aromatic rings. The summed E-state index contributed by atoms with van der Waals surface area (Å²) < 4.78 is 32.2. The summed E-state index contributed by atoms with van der Waals surface area (Å²) in [6, 6.07) is 9.04. The minimum atomic E-state index is -2.69. The summed E-state index contributed by atoms with van der Waals surface area (Å²) in [5.74, 6) is -1.46. The lowest BCUT2D eigenvalue weighted by atomic mass is 10.1. The molecule has 3 heterocycles. The molecule has 1 aliphatic heterocycles. The van der Waals surface area contributed by atoms with Crippen LogP contribution in [-0.2, 0) is 0 Å². The highest BCUT2D eigenvalue weighted by molar-refractivity contribution is 9.10. The van der Waals surface area contributed by atoms with Crippen LogP contribution in [0, 0.1) is 6.92 Å². The Kier molecular flexibility index (Phi) is 5.50. The molecule has 7 nitrogen and oxygen atoms in total. The van der Waals surface area contributed by atoms with E-state index in [0.29, 0.717) is 27.6 Å². The molecular formula is C20H18BrF2N5O2. The van der Waals surface area contributed by atoms with Gasteiger partial charge in [0.25, 0.3) is 11.8 Å². The molecule has 0 spiro atoms. The molecule has 0 unspecified atom stereocenters. The fourth-order valence-electron chi connectivity index (χ4n) is 3.12. The van der Waals surface area contributed by atoms with Crippen molar-refractivity contribution in [1.29, 1.82) is 0 Å². The second-order valence-corrected chi connectivity index (χ2v) is 7.90. The van der Waals surface area contributed by atoms with E-state index in [1.54, 1.807) is 13.0 Å². The molecule has 1 N–H and O–H groups in total. The summed E-state index contributed by atoms with van der Waals surface area (Å²) in [4.78, 5) is 22.5. The third kappa shape index (κ3) is 4.48. The molecule has 0 radical (unpaired) electrons. The topological polar surface area (TPSA) is 84.2 Å². The molecule has 0 bridgehead atoms. The molecule has 0 aliphatic carbocycles. The second-order valence-electron chi connectivity index (χ2n) is 7.04. The Morgan fingerprint density at radius 3 is 2.53 bits per heavy atom. The minimum absolute atomic E-state index is 0.0374. The van der Waals surface area contributed by atoms with Gasteiger partial charge in [-0.05, 0) is 46.3 Å². The number of benzene rings is 1. The van der Waals surface area contributed by atoms with E-state index in [9.17, 15) is 13.6 Å². The average molecular weight is 478 g/mol. The number of anilines is 2. The Bertz CT molecular complexity index is 1060. The monoisotopic (exact) mass is 477 g/mol. The number of nitrogens with one attached hydrogen (secondary N) is 1. The Balaban J connectivity index is 1.44. The maximum absolute atomic E-state index is 13.3. The minimum Gasteiger partial charge on any atom is -0.339 e. The van der Waals surface area contributed by atoms with Gasteiger partial charge in [-0.2, -0.15) is 4.98 Å². The normalized spacial score (nSPS) is 15.8. The number of nitrogens with zero attached hydrogens (tertiary/aromatic N) is 4. The van der Waals surface area contributed by atoms with Gasteiger partial charge in [0.05, 0.1) is 10.0 Å². The Hall–Kier alpha value is -2.88. The van der Waals surface area contributed by atoms with Crippen molar-refractivity contribution in [2.75, 3.05) is 18.4 Å². The lowest BCUT2D eigenvalue weighted by Gasteiger charge is -2.31. The molecule has 1 saturated heterocycles. The maximum atomic E-state index is 13.3. The number of rotatable bonds is 4. The number of amides is 1. The summed E-state index contributed by atoms with van der Waals surface area (Å²) >= 11 is 3.42. The van der Waals surface area contributed by atoms with Gasteiger partial charge < -0.3 is 14.7 Å². The summed E-state index contributed by atoms with van der Waals surface area (Å²) in [6.45, 7) is 1.80. The van der Waals surface area contributed by atoms with Gasteiger partial charge in [-0.3, -0.25) is 4.79 Å². The average Bonchev–Trinajstić information content (AvgIpc) is 3.16. The van der Waals surface area contributed by atoms with E-state index in [4.69, 9.17) is 4.52 Å². The lowest BCUT2D eigenvalue weighted by molar-refractivity contribution is -0.0494. The fraction of sp³-hybridized carbons (Fsp3) is 0.300. The molecule has 0 saturated carbocycles. The van der Waals surface area contributed by atoms with Crippen LogP contribution in [0.2, 0.25) is 0 Å². The van der Waals surface area contributed by atoms with Crippen LogP contribution in [-0.4, -0.2) is 44.9 Å². The zero-order chi connectivity index (χ0) is 21.3. The van der Waals surface area contributed by atoms with Crippen molar-refractivity contribution in [3.8, 4) is 11.4 Å². The Morgan fingerprint density at radius 2 is 1.93 bits per heavy atom. The van der Waals surface area contributed by atoms with Crippen molar-refractivity contribution in [2.45, 2.75) is 25.7 Å². The van der Waals surface area contributed by atoms with Crippen molar-refractivity contribution in [1.82, 2.24) is 20.0 Å². The van der Waals surface area contributed by atoms with E-state index >= 15 is 0 Å². The van der Waals surface area contributed by atoms with Crippen LogP contribution in [0.5, 0.6) is 0 Å². The number of halogens is 3. The highest BCUT2D eigenvalue weighted by atomic mass is 79.9. The first-order valence-corrected chi connectivity index (χ1v) is 10.1. The van der Waals surface area contributed by atoms with Crippen LogP contribution in [0.25, 0.3) is 11.4 Å². The summed E-state index contributed by atoms with van der Waals surface area (Å²) in [6.07, 6.45) is 0.817.